The number of piperazine rings is 1. The Kier molecular flexibility index (Phi) is 4.64. The van der Waals surface area contributed by atoms with Crippen LogP contribution in [0.1, 0.15) is 11.3 Å². The van der Waals surface area contributed by atoms with Crippen LogP contribution in [0.4, 0.5) is 15.9 Å². The highest BCUT2D eigenvalue weighted by Crippen LogP contribution is 2.26. The Morgan fingerprint density at radius 1 is 0.929 bits per heavy atom. The Morgan fingerprint density at radius 2 is 1.68 bits per heavy atom. The normalized spacial score (nSPS) is 21.5. The highest BCUT2D eigenvalue weighted by Gasteiger charge is 2.34. The zero-order valence-corrected chi connectivity index (χ0v) is 16.4. The van der Waals surface area contributed by atoms with Gasteiger partial charge in [0.1, 0.15) is 5.82 Å². The highest BCUT2D eigenvalue weighted by molar-refractivity contribution is 5.47. The van der Waals surface area contributed by atoms with E-state index in [1.54, 1.807) is 12.1 Å². The van der Waals surface area contributed by atoms with Crippen LogP contribution in [-0.4, -0.2) is 78.9 Å². The molecule has 2 fully saturated rings. The van der Waals surface area contributed by atoms with E-state index in [9.17, 15) is 4.39 Å². The van der Waals surface area contributed by atoms with Crippen molar-refractivity contribution < 1.29 is 4.39 Å². The lowest BCUT2D eigenvalue weighted by molar-refractivity contribution is 0.156. The van der Waals surface area contributed by atoms with Crippen LogP contribution in [0.3, 0.4) is 0 Å². The van der Waals surface area contributed by atoms with Crippen molar-refractivity contribution in [2.45, 2.75) is 19.0 Å². The van der Waals surface area contributed by atoms with Gasteiger partial charge in [-0.1, -0.05) is 0 Å². The molecule has 0 radical (unpaired) electrons. The summed E-state index contributed by atoms with van der Waals surface area (Å²) in [4.78, 5) is 9.61. The van der Waals surface area contributed by atoms with E-state index in [0.717, 1.165) is 76.0 Å². The van der Waals surface area contributed by atoms with Crippen LogP contribution >= 0.6 is 0 Å². The number of halogens is 1. The quantitative estimate of drug-likeness (QED) is 0.803. The van der Waals surface area contributed by atoms with Gasteiger partial charge in [-0.15, -0.1) is 5.10 Å². The van der Waals surface area contributed by atoms with Gasteiger partial charge in [-0.3, -0.25) is 4.90 Å². The minimum absolute atomic E-state index is 0.172. The summed E-state index contributed by atoms with van der Waals surface area (Å²) in [6.45, 7) is 8.18. The van der Waals surface area contributed by atoms with Crippen molar-refractivity contribution >= 4 is 11.5 Å². The summed E-state index contributed by atoms with van der Waals surface area (Å²) in [5, 5.41) is 8.96. The average Bonchev–Trinajstić information content (AvgIpc) is 2.68. The largest absolute Gasteiger partial charge is 0.369 e. The van der Waals surface area contributed by atoms with Gasteiger partial charge in [-0.2, -0.15) is 5.10 Å². The fraction of sp³-hybridized carbons (Fsp3) is 0.524. The van der Waals surface area contributed by atoms with Gasteiger partial charge in [0, 0.05) is 70.5 Å². The van der Waals surface area contributed by atoms with E-state index < -0.39 is 0 Å². The van der Waals surface area contributed by atoms with Crippen LogP contribution < -0.4 is 9.80 Å². The first kappa shape index (κ1) is 17.8. The van der Waals surface area contributed by atoms with Crippen LogP contribution in [0.15, 0.2) is 30.3 Å². The molecule has 28 heavy (non-hydrogen) atoms. The Hall–Kier alpha value is -2.25. The molecule has 148 valence electrons. The van der Waals surface area contributed by atoms with E-state index in [-0.39, 0.29) is 5.82 Å². The van der Waals surface area contributed by atoms with Crippen molar-refractivity contribution in [3.05, 3.63) is 47.4 Å². The number of hydrogen-bond donors (Lipinski definition) is 0. The lowest BCUT2D eigenvalue weighted by Crippen LogP contribution is -2.63. The molecule has 0 aliphatic carbocycles. The van der Waals surface area contributed by atoms with Crippen molar-refractivity contribution in [1.82, 2.24) is 20.0 Å². The van der Waals surface area contributed by atoms with Gasteiger partial charge < -0.3 is 14.7 Å². The molecule has 7 heteroatoms. The zero-order valence-electron chi connectivity index (χ0n) is 16.4. The van der Waals surface area contributed by atoms with Crippen LogP contribution in [0.25, 0.3) is 0 Å². The first-order valence-electron chi connectivity index (χ1n) is 10.2. The summed E-state index contributed by atoms with van der Waals surface area (Å²) in [6.07, 6.45) is 1.00. The van der Waals surface area contributed by atoms with E-state index in [2.05, 4.69) is 42.9 Å². The van der Waals surface area contributed by atoms with Gasteiger partial charge in [0.25, 0.3) is 0 Å². The molecule has 0 saturated carbocycles. The van der Waals surface area contributed by atoms with Gasteiger partial charge in [0.2, 0.25) is 0 Å². The average molecular weight is 382 g/mol. The molecule has 2 aromatic rings. The number of rotatable bonds is 3. The van der Waals surface area contributed by atoms with E-state index in [0.29, 0.717) is 6.04 Å². The third kappa shape index (κ3) is 3.44. The number of fused-ring (bicyclic) bond motifs is 1. The molecule has 1 aromatic heterocycles. The van der Waals surface area contributed by atoms with Crippen molar-refractivity contribution in [3.63, 3.8) is 0 Å². The van der Waals surface area contributed by atoms with Gasteiger partial charge >= 0.3 is 0 Å². The first-order valence-corrected chi connectivity index (χ1v) is 10.2. The molecule has 0 unspecified atom stereocenters. The minimum Gasteiger partial charge on any atom is -0.369 e. The Labute approximate surface area is 165 Å². The minimum atomic E-state index is -0.172. The number of hydrogen-bond acceptors (Lipinski definition) is 6. The summed E-state index contributed by atoms with van der Waals surface area (Å²) in [6, 6.07) is 9.67. The Balaban J connectivity index is 1.15. The Morgan fingerprint density at radius 3 is 2.43 bits per heavy atom. The second-order valence-electron chi connectivity index (χ2n) is 8.22. The number of anilines is 2. The standard InChI is InChI=1S/C21H27FN6/c1-25-7-6-20-16(13-25)12-21(24-23-20)28-14-19(15-28)27-10-8-26(9-11-27)18-4-2-17(22)3-5-18/h2-5,12,19H,6-11,13-15H2,1H3. The second kappa shape index (κ2) is 7.29. The number of benzene rings is 1. The molecule has 5 rings (SSSR count). The molecular weight excluding hydrogens is 355 g/mol. The lowest BCUT2D eigenvalue weighted by atomic mass is 10.0. The van der Waals surface area contributed by atoms with Gasteiger partial charge in [-0.25, -0.2) is 4.39 Å². The van der Waals surface area contributed by atoms with E-state index in [1.807, 2.05) is 12.1 Å². The molecule has 0 amide bonds. The van der Waals surface area contributed by atoms with Crippen molar-refractivity contribution in [2.75, 3.05) is 62.7 Å². The highest BCUT2D eigenvalue weighted by atomic mass is 19.1. The van der Waals surface area contributed by atoms with E-state index in [1.165, 1.54) is 5.56 Å². The van der Waals surface area contributed by atoms with Crippen LogP contribution in [0.2, 0.25) is 0 Å². The third-order valence-electron chi connectivity index (χ3n) is 6.33. The van der Waals surface area contributed by atoms with Crippen LogP contribution in [0.5, 0.6) is 0 Å². The number of nitrogens with zero attached hydrogens (tertiary/aromatic N) is 6. The summed E-state index contributed by atoms with van der Waals surface area (Å²) < 4.78 is 13.1. The number of likely N-dealkylation sites (N-methyl/N-ethyl adjacent to an activating group) is 1. The monoisotopic (exact) mass is 382 g/mol. The van der Waals surface area contributed by atoms with Crippen molar-refractivity contribution in [3.8, 4) is 0 Å². The topological polar surface area (TPSA) is 38.7 Å². The first-order chi connectivity index (χ1) is 13.7. The van der Waals surface area contributed by atoms with E-state index >= 15 is 0 Å². The summed E-state index contributed by atoms with van der Waals surface area (Å²) >= 11 is 0. The Bertz CT molecular complexity index is 827. The lowest BCUT2D eigenvalue weighted by Gasteiger charge is -2.48. The maximum Gasteiger partial charge on any atom is 0.151 e. The fourth-order valence-corrected chi connectivity index (χ4v) is 4.48. The van der Waals surface area contributed by atoms with Gasteiger partial charge in [0.05, 0.1) is 5.69 Å². The smallest absolute Gasteiger partial charge is 0.151 e. The molecule has 6 nitrogen and oxygen atoms in total. The molecule has 3 aliphatic rings. The predicted octanol–water partition coefficient (Wildman–Crippen LogP) is 1.61. The van der Waals surface area contributed by atoms with Crippen LogP contribution in [0, 0.1) is 5.82 Å². The van der Waals surface area contributed by atoms with Crippen LogP contribution in [-0.2, 0) is 13.0 Å². The summed E-state index contributed by atoms with van der Waals surface area (Å²) in [7, 11) is 2.16. The predicted molar refractivity (Wildman–Crippen MR) is 108 cm³/mol. The molecule has 0 atom stereocenters. The summed E-state index contributed by atoms with van der Waals surface area (Å²) in [5.41, 5.74) is 3.61. The summed E-state index contributed by atoms with van der Waals surface area (Å²) in [5.74, 6) is 0.851. The van der Waals surface area contributed by atoms with Gasteiger partial charge in [0.15, 0.2) is 5.82 Å². The molecule has 4 heterocycles. The second-order valence-corrected chi connectivity index (χ2v) is 8.22. The molecule has 1 aromatic carbocycles. The molecular formula is C21H27FN6. The maximum atomic E-state index is 13.1. The molecule has 2 saturated heterocycles. The fourth-order valence-electron chi connectivity index (χ4n) is 4.48. The zero-order chi connectivity index (χ0) is 19.1. The van der Waals surface area contributed by atoms with Crippen molar-refractivity contribution in [1.29, 1.82) is 0 Å². The van der Waals surface area contributed by atoms with Gasteiger partial charge in [-0.05, 0) is 42.9 Å². The molecule has 0 bridgehead atoms. The molecule has 0 N–H and O–H groups in total. The van der Waals surface area contributed by atoms with Crippen molar-refractivity contribution in [2.24, 2.45) is 0 Å². The third-order valence-corrected chi connectivity index (χ3v) is 6.33. The molecule has 3 aliphatic heterocycles. The SMILES string of the molecule is CN1CCc2nnc(N3CC(N4CCN(c5ccc(F)cc5)CC4)C3)cc2C1. The maximum absolute atomic E-state index is 13.1. The number of aromatic nitrogens is 2. The van der Waals surface area contributed by atoms with E-state index in [4.69, 9.17) is 0 Å². The molecule has 0 spiro atoms.